The Kier molecular flexibility index (Phi) is 4.69. The SMILES string of the molecule is O=C(Nc1ccc(Cl)cc1)Nc1cccc(Oc2ccnc3[nH]c(=O)[nH]c23)c1. The number of carbonyl (C=O) groups excluding carboxylic acids is 1. The molecule has 0 saturated carbocycles. The van der Waals surface area contributed by atoms with Gasteiger partial charge in [-0.05, 0) is 36.4 Å². The number of benzene rings is 2. The van der Waals surface area contributed by atoms with Crippen LogP contribution in [0, 0.1) is 0 Å². The normalized spacial score (nSPS) is 10.6. The van der Waals surface area contributed by atoms with E-state index < -0.39 is 6.03 Å². The lowest BCUT2D eigenvalue weighted by Gasteiger charge is -2.10. The molecule has 0 aliphatic carbocycles. The van der Waals surface area contributed by atoms with Crippen LogP contribution in [-0.2, 0) is 0 Å². The summed E-state index contributed by atoms with van der Waals surface area (Å²) < 4.78 is 5.84. The quantitative estimate of drug-likeness (QED) is 0.411. The molecule has 2 aromatic heterocycles. The maximum Gasteiger partial charge on any atom is 0.325 e. The Labute approximate surface area is 163 Å². The molecule has 0 spiro atoms. The second kappa shape index (κ2) is 7.45. The number of ether oxygens (including phenoxy) is 1. The highest BCUT2D eigenvalue weighted by Gasteiger charge is 2.09. The Morgan fingerprint density at radius 2 is 1.79 bits per heavy atom. The Morgan fingerprint density at radius 1 is 1.00 bits per heavy atom. The maximum atomic E-state index is 12.2. The Bertz CT molecular complexity index is 1200. The van der Waals surface area contributed by atoms with E-state index in [0.717, 1.165) is 0 Å². The molecule has 28 heavy (non-hydrogen) atoms. The second-order valence-electron chi connectivity index (χ2n) is 5.83. The van der Waals surface area contributed by atoms with Crippen LogP contribution in [0.3, 0.4) is 0 Å². The van der Waals surface area contributed by atoms with Crippen molar-refractivity contribution in [1.29, 1.82) is 0 Å². The van der Waals surface area contributed by atoms with Gasteiger partial charge in [0.1, 0.15) is 11.3 Å². The van der Waals surface area contributed by atoms with Crippen molar-refractivity contribution in [3.63, 3.8) is 0 Å². The number of hydrogen-bond donors (Lipinski definition) is 4. The smallest absolute Gasteiger partial charge is 0.325 e. The lowest BCUT2D eigenvalue weighted by atomic mass is 10.3. The van der Waals surface area contributed by atoms with E-state index in [1.54, 1.807) is 54.6 Å². The van der Waals surface area contributed by atoms with Gasteiger partial charge in [-0.3, -0.25) is 4.98 Å². The first-order valence-electron chi connectivity index (χ1n) is 8.25. The predicted octanol–water partition coefficient (Wildman–Crippen LogP) is 4.34. The van der Waals surface area contributed by atoms with Crippen molar-refractivity contribution in [2.75, 3.05) is 10.6 Å². The number of nitrogens with one attached hydrogen (secondary N) is 4. The van der Waals surface area contributed by atoms with Crippen LogP contribution in [0.2, 0.25) is 5.02 Å². The molecule has 0 bridgehead atoms. The number of urea groups is 1. The van der Waals surface area contributed by atoms with Crippen molar-refractivity contribution < 1.29 is 9.53 Å². The molecule has 2 aromatic carbocycles. The molecule has 140 valence electrons. The molecule has 0 aliphatic heterocycles. The van der Waals surface area contributed by atoms with Gasteiger partial charge in [0.2, 0.25) is 0 Å². The number of rotatable bonds is 4. The fraction of sp³-hybridized carbons (Fsp3) is 0. The zero-order valence-corrected chi connectivity index (χ0v) is 15.1. The van der Waals surface area contributed by atoms with Crippen molar-refractivity contribution in [3.8, 4) is 11.5 Å². The maximum absolute atomic E-state index is 12.2. The van der Waals surface area contributed by atoms with Crippen molar-refractivity contribution in [2.24, 2.45) is 0 Å². The third-order valence-corrected chi connectivity index (χ3v) is 4.06. The van der Waals surface area contributed by atoms with E-state index in [1.165, 1.54) is 6.20 Å². The van der Waals surface area contributed by atoms with Gasteiger partial charge in [0.25, 0.3) is 0 Å². The first-order valence-corrected chi connectivity index (χ1v) is 8.63. The van der Waals surface area contributed by atoms with Crippen LogP contribution in [0.15, 0.2) is 65.6 Å². The lowest BCUT2D eigenvalue weighted by Crippen LogP contribution is -2.19. The summed E-state index contributed by atoms with van der Waals surface area (Å²) in [5, 5.41) is 6.03. The van der Waals surface area contributed by atoms with Crippen molar-refractivity contribution in [3.05, 3.63) is 76.3 Å². The molecule has 4 rings (SSSR count). The van der Waals surface area contributed by atoms with Gasteiger partial charge in [0, 0.05) is 34.7 Å². The molecule has 2 amide bonds. The number of aromatic nitrogens is 3. The van der Waals surface area contributed by atoms with Crippen LogP contribution >= 0.6 is 11.6 Å². The molecule has 2 heterocycles. The van der Waals surface area contributed by atoms with Crippen LogP contribution in [0.1, 0.15) is 0 Å². The third-order valence-electron chi connectivity index (χ3n) is 3.81. The molecule has 0 unspecified atom stereocenters. The monoisotopic (exact) mass is 395 g/mol. The number of anilines is 2. The van der Waals surface area contributed by atoms with E-state index in [2.05, 4.69) is 25.6 Å². The zero-order chi connectivity index (χ0) is 19.5. The van der Waals surface area contributed by atoms with Gasteiger partial charge < -0.3 is 20.4 Å². The first kappa shape index (κ1) is 17.6. The molecular weight excluding hydrogens is 382 g/mol. The lowest BCUT2D eigenvalue weighted by molar-refractivity contribution is 0.262. The molecule has 0 saturated heterocycles. The summed E-state index contributed by atoms with van der Waals surface area (Å²) in [6.45, 7) is 0. The average Bonchev–Trinajstić information content (AvgIpc) is 3.05. The van der Waals surface area contributed by atoms with E-state index in [4.69, 9.17) is 16.3 Å². The van der Waals surface area contributed by atoms with Crippen LogP contribution in [0.25, 0.3) is 11.2 Å². The van der Waals surface area contributed by atoms with Gasteiger partial charge in [0.05, 0.1) is 0 Å². The van der Waals surface area contributed by atoms with Crippen molar-refractivity contribution >= 4 is 40.2 Å². The molecular formula is C19H14ClN5O3. The number of hydrogen-bond acceptors (Lipinski definition) is 4. The highest BCUT2D eigenvalue weighted by atomic mass is 35.5. The van der Waals surface area contributed by atoms with Gasteiger partial charge in [-0.1, -0.05) is 17.7 Å². The highest BCUT2D eigenvalue weighted by molar-refractivity contribution is 6.30. The minimum atomic E-state index is -0.402. The van der Waals surface area contributed by atoms with E-state index in [0.29, 0.717) is 39.1 Å². The number of amides is 2. The Balaban J connectivity index is 1.48. The predicted molar refractivity (Wildman–Crippen MR) is 107 cm³/mol. The van der Waals surface area contributed by atoms with E-state index in [9.17, 15) is 9.59 Å². The molecule has 9 heteroatoms. The summed E-state index contributed by atoms with van der Waals surface area (Å²) in [5.41, 5.74) is 1.65. The number of carbonyl (C=O) groups is 1. The zero-order valence-electron chi connectivity index (χ0n) is 14.3. The second-order valence-corrected chi connectivity index (χ2v) is 6.26. The van der Waals surface area contributed by atoms with Gasteiger partial charge in [-0.15, -0.1) is 0 Å². The molecule has 4 N–H and O–H groups in total. The average molecular weight is 396 g/mol. The fourth-order valence-electron chi connectivity index (χ4n) is 2.59. The number of aromatic amines is 2. The number of H-pyrrole nitrogens is 2. The Hall–Kier alpha value is -3.78. The number of halogens is 1. The van der Waals surface area contributed by atoms with Gasteiger partial charge >= 0.3 is 11.7 Å². The summed E-state index contributed by atoms with van der Waals surface area (Å²) >= 11 is 5.83. The minimum Gasteiger partial charge on any atom is -0.455 e. The molecule has 0 radical (unpaired) electrons. The summed E-state index contributed by atoms with van der Waals surface area (Å²) in [6.07, 6.45) is 1.53. The van der Waals surface area contributed by atoms with Crippen molar-refractivity contribution in [2.45, 2.75) is 0 Å². The molecule has 0 atom stereocenters. The van der Waals surface area contributed by atoms with Gasteiger partial charge in [-0.2, -0.15) is 0 Å². The largest absolute Gasteiger partial charge is 0.455 e. The first-order chi connectivity index (χ1) is 13.6. The number of imidazole rings is 1. The van der Waals surface area contributed by atoms with E-state index >= 15 is 0 Å². The third kappa shape index (κ3) is 3.97. The molecule has 0 aliphatic rings. The van der Waals surface area contributed by atoms with Crippen molar-refractivity contribution in [1.82, 2.24) is 15.0 Å². The van der Waals surface area contributed by atoms with Crippen LogP contribution in [-0.4, -0.2) is 21.0 Å². The Morgan fingerprint density at radius 3 is 2.61 bits per heavy atom. The summed E-state index contributed by atoms with van der Waals surface area (Å²) in [6, 6.07) is 14.9. The number of fused-ring (bicyclic) bond motifs is 1. The van der Waals surface area contributed by atoms with Gasteiger partial charge in [-0.25, -0.2) is 14.6 Å². The summed E-state index contributed by atoms with van der Waals surface area (Å²) in [5.74, 6) is 0.921. The van der Waals surface area contributed by atoms with Gasteiger partial charge in [0.15, 0.2) is 11.4 Å². The fourth-order valence-corrected chi connectivity index (χ4v) is 2.71. The summed E-state index contributed by atoms with van der Waals surface area (Å²) in [7, 11) is 0. The topological polar surface area (TPSA) is 112 Å². The van der Waals surface area contributed by atoms with E-state index in [1.807, 2.05) is 0 Å². The highest BCUT2D eigenvalue weighted by Crippen LogP contribution is 2.27. The molecule has 4 aromatic rings. The number of pyridine rings is 1. The number of nitrogens with zero attached hydrogens (tertiary/aromatic N) is 1. The molecule has 8 nitrogen and oxygen atoms in total. The van der Waals surface area contributed by atoms with Crippen LogP contribution in [0.5, 0.6) is 11.5 Å². The minimum absolute atomic E-state index is 0.368. The molecule has 0 fully saturated rings. The van der Waals surface area contributed by atoms with E-state index in [-0.39, 0.29) is 5.69 Å². The standard InChI is InChI=1S/C19H14ClN5O3/c20-11-4-6-12(7-5-11)22-18(26)23-13-2-1-3-14(10-13)28-15-8-9-21-17-16(15)24-19(27)25-17/h1-10H,(H2,22,23,26)(H2,21,24,25,27). The summed E-state index contributed by atoms with van der Waals surface area (Å²) in [4.78, 5) is 32.9. The van der Waals surface area contributed by atoms with Crippen LogP contribution in [0.4, 0.5) is 16.2 Å². The van der Waals surface area contributed by atoms with Crippen LogP contribution < -0.4 is 21.1 Å².